The van der Waals surface area contributed by atoms with E-state index in [4.69, 9.17) is 47.4 Å². The lowest BCUT2D eigenvalue weighted by atomic mass is 9.83. The molecule has 6 aliphatic rings. The second kappa shape index (κ2) is 9.67. The third-order valence-corrected chi connectivity index (χ3v) is 6.35. The topological polar surface area (TPSA) is 129 Å². The molecule has 11 nitrogen and oxygen atoms in total. The van der Waals surface area contributed by atoms with Crippen molar-refractivity contribution in [3.63, 3.8) is 0 Å². The van der Waals surface area contributed by atoms with Gasteiger partial charge in [0.1, 0.15) is 67.1 Å². The van der Waals surface area contributed by atoms with E-state index in [1.54, 1.807) is 0 Å². The second-order valence-corrected chi connectivity index (χ2v) is 9.26. The Kier molecular flexibility index (Phi) is 6.66. The van der Waals surface area contributed by atoms with Gasteiger partial charge in [-0.3, -0.25) is 0 Å². The van der Waals surface area contributed by atoms with Gasteiger partial charge in [0.25, 0.3) is 0 Å². The minimum absolute atomic E-state index is 0.0501. The zero-order valence-electron chi connectivity index (χ0n) is 18.0. The van der Waals surface area contributed by atoms with E-state index in [0.717, 1.165) is 0 Å². The molecule has 11 atom stereocenters. The minimum atomic E-state index is -0.972. The lowest BCUT2D eigenvalue weighted by Crippen LogP contribution is -2.67. The van der Waals surface area contributed by atoms with E-state index in [1.807, 2.05) is 0 Å². The minimum Gasteiger partial charge on any atom is -0.387 e. The monoisotopic (exact) mass is 460 g/mol. The molecular formula is C21H32O11. The van der Waals surface area contributed by atoms with E-state index in [0.29, 0.717) is 66.1 Å². The van der Waals surface area contributed by atoms with Crippen LogP contribution in [-0.2, 0) is 47.4 Å². The van der Waals surface area contributed by atoms with Gasteiger partial charge < -0.3 is 52.5 Å². The molecule has 5 unspecified atom stereocenters. The Bertz CT molecular complexity index is 573. The summed E-state index contributed by atoms with van der Waals surface area (Å²) in [6.45, 7) is 5.31. The normalized spacial score (nSPS) is 48.5. The van der Waals surface area contributed by atoms with Gasteiger partial charge in [-0.25, -0.2) is 0 Å². The van der Waals surface area contributed by atoms with Gasteiger partial charge in [-0.2, -0.15) is 0 Å². The summed E-state index contributed by atoms with van der Waals surface area (Å²) in [6.07, 6.45) is -3.64. The predicted octanol–water partition coefficient (Wildman–Crippen LogP) is -1.72. The molecule has 0 amide bonds. The number of hydrogen-bond acceptors (Lipinski definition) is 11. The highest BCUT2D eigenvalue weighted by Crippen LogP contribution is 2.35. The molecule has 0 radical (unpaired) electrons. The Hall–Kier alpha value is -0.440. The highest BCUT2D eigenvalue weighted by molar-refractivity contribution is 5.04. The standard InChI is InChI=1S/C21H32O11/c22-16-17(28-6-11-1-23-11)19(30-8-13-3-25-13)21(32-10-15-5-27-15)20(31-9-14-4-26-14)18(16)29-7-12-2-24-12/h11-22H,1-10H2/t11?,12?,13?,14?,15?,16-,17-,18-,19+,20-,21-/m1/s1. The average molecular weight is 460 g/mol. The molecule has 6 fully saturated rings. The van der Waals surface area contributed by atoms with Crippen LogP contribution < -0.4 is 0 Å². The Balaban J connectivity index is 1.22. The van der Waals surface area contributed by atoms with Gasteiger partial charge in [-0.15, -0.1) is 0 Å². The molecule has 182 valence electrons. The van der Waals surface area contributed by atoms with Crippen molar-refractivity contribution in [3.8, 4) is 0 Å². The molecule has 6 rings (SSSR count). The third kappa shape index (κ3) is 5.97. The van der Waals surface area contributed by atoms with Gasteiger partial charge in [-0.05, 0) is 0 Å². The number of epoxide rings is 5. The van der Waals surface area contributed by atoms with E-state index >= 15 is 0 Å². The van der Waals surface area contributed by atoms with Gasteiger partial charge in [0.2, 0.25) is 0 Å². The quantitative estimate of drug-likeness (QED) is 0.280. The van der Waals surface area contributed by atoms with Crippen LogP contribution in [0, 0.1) is 0 Å². The zero-order valence-corrected chi connectivity index (χ0v) is 18.0. The fraction of sp³-hybridized carbons (Fsp3) is 1.00. The Labute approximate surface area is 186 Å². The van der Waals surface area contributed by atoms with Gasteiger partial charge in [0, 0.05) is 0 Å². The van der Waals surface area contributed by atoms with Crippen molar-refractivity contribution in [1.29, 1.82) is 0 Å². The van der Waals surface area contributed by atoms with Crippen molar-refractivity contribution in [1.82, 2.24) is 0 Å². The molecule has 0 aromatic carbocycles. The molecular weight excluding hydrogens is 428 g/mol. The maximum absolute atomic E-state index is 11.4. The van der Waals surface area contributed by atoms with E-state index < -0.39 is 36.6 Å². The highest BCUT2D eigenvalue weighted by Gasteiger charge is 2.55. The number of aliphatic hydroxyl groups is 1. The lowest BCUT2D eigenvalue weighted by molar-refractivity contribution is -0.275. The van der Waals surface area contributed by atoms with E-state index in [2.05, 4.69) is 0 Å². The van der Waals surface area contributed by atoms with Crippen LogP contribution in [0.15, 0.2) is 0 Å². The highest BCUT2D eigenvalue weighted by atomic mass is 16.7. The number of aliphatic hydroxyl groups excluding tert-OH is 1. The van der Waals surface area contributed by atoms with Crippen LogP contribution in [-0.4, -0.2) is 138 Å². The zero-order chi connectivity index (χ0) is 21.5. The first-order valence-corrected chi connectivity index (χ1v) is 11.6. The smallest absolute Gasteiger partial charge is 0.115 e. The Morgan fingerprint density at radius 3 is 0.906 bits per heavy atom. The van der Waals surface area contributed by atoms with Gasteiger partial charge >= 0.3 is 0 Å². The Morgan fingerprint density at radius 1 is 0.438 bits per heavy atom. The summed E-state index contributed by atoms with van der Waals surface area (Å²) >= 11 is 0. The molecule has 0 aromatic rings. The molecule has 1 aliphatic carbocycles. The summed E-state index contributed by atoms with van der Waals surface area (Å²) in [6, 6.07) is 0. The first-order valence-electron chi connectivity index (χ1n) is 11.6. The van der Waals surface area contributed by atoms with Crippen LogP contribution in [0.4, 0.5) is 0 Å². The summed E-state index contributed by atoms with van der Waals surface area (Å²) in [5, 5.41) is 11.4. The molecule has 32 heavy (non-hydrogen) atoms. The summed E-state index contributed by atoms with van der Waals surface area (Å²) < 4.78 is 57.6. The summed E-state index contributed by atoms with van der Waals surface area (Å²) in [4.78, 5) is 0. The molecule has 1 saturated carbocycles. The fourth-order valence-corrected chi connectivity index (χ4v) is 4.01. The summed E-state index contributed by atoms with van der Waals surface area (Å²) in [7, 11) is 0. The van der Waals surface area contributed by atoms with E-state index in [-0.39, 0.29) is 30.5 Å². The third-order valence-electron chi connectivity index (χ3n) is 6.35. The lowest BCUT2D eigenvalue weighted by Gasteiger charge is -2.48. The maximum atomic E-state index is 11.4. The van der Waals surface area contributed by atoms with Crippen LogP contribution >= 0.6 is 0 Å². The molecule has 0 spiro atoms. The SMILES string of the molecule is O[C@@H]1[C@@H](OCC2CO2)[C@H](OCC2CO2)[C@@H](OCC2CO2)[C@H](OCC2CO2)[C@@H]1OCC1CO1. The maximum Gasteiger partial charge on any atom is 0.115 e. The molecule has 5 heterocycles. The van der Waals surface area contributed by atoms with Gasteiger partial charge in [0.15, 0.2) is 0 Å². The van der Waals surface area contributed by atoms with Crippen molar-refractivity contribution in [2.75, 3.05) is 66.1 Å². The van der Waals surface area contributed by atoms with Crippen molar-refractivity contribution in [2.45, 2.75) is 67.1 Å². The molecule has 1 N–H and O–H groups in total. The van der Waals surface area contributed by atoms with Gasteiger partial charge in [-0.1, -0.05) is 0 Å². The molecule has 0 aromatic heterocycles. The van der Waals surface area contributed by atoms with Crippen molar-refractivity contribution < 1.29 is 52.5 Å². The summed E-state index contributed by atoms with van der Waals surface area (Å²) in [5.41, 5.74) is 0. The first kappa shape index (κ1) is 22.1. The van der Waals surface area contributed by atoms with Crippen LogP contribution in [0.2, 0.25) is 0 Å². The fourth-order valence-electron chi connectivity index (χ4n) is 4.01. The van der Waals surface area contributed by atoms with Crippen LogP contribution in [0.1, 0.15) is 0 Å². The number of rotatable bonds is 15. The van der Waals surface area contributed by atoms with Crippen LogP contribution in [0.25, 0.3) is 0 Å². The second-order valence-electron chi connectivity index (χ2n) is 9.26. The average Bonchev–Trinajstić information content (AvgIpc) is 3.63. The van der Waals surface area contributed by atoms with Crippen molar-refractivity contribution in [2.24, 2.45) is 0 Å². The predicted molar refractivity (Wildman–Crippen MR) is 103 cm³/mol. The van der Waals surface area contributed by atoms with Crippen molar-refractivity contribution in [3.05, 3.63) is 0 Å². The number of hydrogen-bond donors (Lipinski definition) is 1. The number of ether oxygens (including phenoxy) is 10. The van der Waals surface area contributed by atoms with Crippen LogP contribution in [0.3, 0.4) is 0 Å². The van der Waals surface area contributed by atoms with Gasteiger partial charge in [0.05, 0.1) is 66.1 Å². The Morgan fingerprint density at radius 2 is 0.656 bits per heavy atom. The largest absolute Gasteiger partial charge is 0.387 e. The first-order chi connectivity index (χ1) is 15.7. The summed E-state index contributed by atoms with van der Waals surface area (Å²) in [5.74, 6) is 0. The van der Waals surface area contributed by atoms with E-state index in [1.165, 1.54) is 0 Å². The molecule has 5 saturated heterocycles. The van der Waals surface area contributed by atoms with Crippen LogP contribution in [0.5, 0.6) is 0 Å². The molecule has 0 bridgehead atoms. The van der Waals surface area contributed by atoms with E-state index in [9.17, 15) is 5.11 Å². The molecule has 11 heteroatoms. The molecule has 5 aliphatic heterocycles. The van der Waals surface area contributed by atoms with Crippen molar-refractivity contribution >= 4 is 0 Å².